The molecule has 0 unspecified atom stereocenters. The van der Waals surface area contributed by atoms with Gasteiger partial charge in [0.1, 0.15) is 5.75 Å². The van der Waals surface area contributed by atoms with Crippen LogP contribution in [-0.2, 0) is 0 Å². The lowest BCUT2D eigenvalue weighted by Gasteiger charge is -2.16. The molecule has 0 heterocycles. The summed E-state index contributed by atoms with van der Waals surface area (Å²) in [5.41, 5.74) is 2.57. The minimum atomic E-state index is -0.111. The molecule has 0 fully saturated rings. The minimum absolute atomic E-state index is 0.105. The van der Waals surface area contributed by atoms with Crippen molar-refractivity contribution in [1.82, 2.24) is 5.32 Å². The van der Waals surface area contributed by atoms with Gasteiger partial charge in [-0.2, -0.15) is 0 Å². The van der Waals surface area contributed by atoms with E-state index in [1.54, 1.807) is 13.2 Å². The van der Waals surface area contributed by atoms with Crippen LogP contribution in [0.1, 0.15) is 34.5 Å². The first-order chi connectivity index (χ1) is 10.4. The first-order valence-corrected chi connectivity index (χ1v) is 8.41. The zero-order chi connectivity index (χ0) is 16.3. The zero-order valence-corrected chi connectivity index (χ0v) is 15.8. The fraction of sp³-hybridized carbons (Fsp3) is 0.235. The molecule has 3 nitrogen and oxygen atoms in total. The number of carbonyl (C=O) groups excluding carboxylic acids is 1. The van der Waals surface area contributed by atoms with Gasteiger partial charge in [-0.1, -0.05) is 37.9 Å². The maximum absolute atomic E-state index is 12.5. The Balaban J connectivity index is 2.21. The van der Waals surface area contributed by atoms with E-state index in [1.165, 1.54) is 0 Å². The Labute approximate surface area is 147 Å². The lowest BCUT2D eigenvalue weighted by molar-refractivity contribution is 0.0939. The molecule has 116 valence electrons. The Morgan fingerprint density at radius 1 is 1.14 bits per heavy atom. The number of hydrogen-bond acceptors (Lipinski definition) is 2. The number of benzene rings is 2. The van der Waals surface area contributed by atoms with Gasteiger partial charge in [0, 0.05) is 14.5 Å². The Morgan fingerprint density at radius 2 is 1.77 bits per heavy atom. The summed E-state index contributed by atoms with van der Waals surface area (Å²) < 4.78 is 7.12. The number of methoxy groups -OCH3 is 1. The monoisotopic (exact) mass is 425 g/mol. The summed E-state index contributed by atoms with van der Waals surface area (Å²) in [7, 11) is 1.59. The van der Waals surface area contributed by atoms with Gasteiger partial charge in [-0.15, -0.1) is 0 Å². The van der Waals surface area contributed by atoms with Gasteiger partial charge in [-0.05, 0) is 55.3 Å². The molecule has 0 saturated carbocycles. The highest BCUT2D eigenvalue weighted by Gasteiger charge is 2.15. The summed E-state index contributed by atoms with van der Waals surface area (Å²) in [5.74, 6) is 0.564. The molecule has 0 bridgehead atoms. The number of carbonyl (C=O) groups is 1. The summed E-state index contributed by atoms with van der Waals surface area (Å²) in [6.07, 6.45) is 0. The normalized spacial score (nSPS) is 11.9. The average Bonchev–Trinajstić information content (AvgIpc) is 2.46. The number of amides is 1. The van der Waals surface area contributed by atoms with Crippen LogP contribution in [0.3, 0.4) is 0 Å². The van der Waals surface area contributed by atoms with Crippen molar-refractivity contribution in [3.8, 4) is 5.75 Å². The first-order valence-electron chi connectivity index (χ1n) is 6.82. The predicted octanol–water partition coefficient (Wildman–Crippen LogP) is 5.02. The van der Waals surface area contributed by atoms with E-state index in [0.29, 0.717) is 11.3 Å². The molecule has 0 aliphatic heterocycles. The standard InChI is InChI=1S/C17H17Br2NO2/c1-10-4-5-15(22-3)9-16(10)17(21)20-11(2)12-6-13(18)8-14(19)7-12/h4-9,11H,1-3H3,(H,20,21)/t11-/m1/s1. The maximum Gasteiger partial charge on any atom is 0.252 e. The number of nitrogens with one attached hydrogen (secondary N) is 1. The zero-order valence-electron chi connectivity index (χ0n) is 12.6. The highest BCUT2D eigenvalue weighted by molar-refractivity contribution is 9.11. The van der Waals surface area contributed by atoms with Gasteiger partial charge >= 0.3 is 0 Å². The number of rotatable bonds is 4. The van der Waals surface area contributed by atoms with E-state index >= 15 is 0 Å². The van der Waals surface area contributed by atoms with Gasteiger partial charge in [0.25, 0.3) is 5.91 Å². The highest BCUT2D eigenvalue weighted by atomic mass is 79.9. The lowest BCUT2D eigenvalue weighted by Crippen LogP contribution is -2.27. The fourth-order valence-corrected chi connectivity index (χ4v) is 3.48. The second-order valence-corrected chi connectivity index (χ2v) is 6.91. The highest BCUT2D eigenvalue weighted by Crippen LogP contribution is 2.25. The number of hydrogen-bond donors (Lipinski definition) is 1. The van der Waals surface area contributed by atoms with E-state index in [-0.39, 0.29) is 11.9 Å². The molecule has 1 atom stereocenters. The Hall–Kier alpha value is -1.33. The van der Waals surface area contributed by atoms with Crippen LogP contribution in [-0.4, -0.2) is 13.0 Å². The summed E-state index contributed by atoms with van der Waals surface area (Å²) in [5, 5.41) is 3.02. The van der Waals surface area contributed by atoms with E-state index in [2.05, 4.69) is 37.2 Å². The molecule has 2 rings (SSSR count). The predicted molar refractivity (Wildman–Crippen MR) is 95.5 cm³/mol. The van der Waals surface area contributed by atoms with Gasteiger partial charge in [-0.3, -0.25) is 4.79 Å². The van der Waals surface area contributed by atoms with Crippen molar-refractivity contribution in [2.45, 2.75) is 19.9 Å². The van der Waals surface area contributed by atoms with E-state index in [0.717, 1.165) is 20.1 Å². The van der Waals surface area contributed by atoms with Crippen LogP contribution in [0.2, 0.25) is 0 Å². The summed E-state index contributed by atoms with van der Waals surface area (Å²) in [6, 6.07) is 11.3. The van der Waals surface area contributed by atoms with Crippen LogP contribution in [0.5, 0.6) is 5.75 Å². The second-order valence-electron chi connectivity index (χ2n) is 5.08. The molecule has 2 aromatic rings. The molecule has 22 heavy (non-hydrogen) atoms. The van der Waals surface area contributed by atoms with Gasteiger partial charge in [0.2, 0.25) is 0 Å². The van der Waals surface area contributed by atoms with Gasteiger partial charge in [0.05, 0.1) is 13.2 Å². The van der Waals surface area contributed by atoms with Crippen molar-refractivity contribution in [2.24, 2.45) is 0 Å². The van der Waals surface area contributed by atoms with Crippen molar-refractivity contribution in [2.75, 3.05) is 7.11 Å². The molecule has 0 saturated heterocycles. The van der Waals surface area contributed by atoms with Gasteiger partial charge in [-0.25, -0.2) is 0 Å². The van der Waals surface area contributed by atoms with Crippen LogP contribution in [0.15, 0.2) is 45.3 Å². The van der Waals surface area contributed by atoms with Crippen molar-refractivity contribution < 1.29 is 9.53 Å². The quantitative estimate of drug-likeness (QED) is 0.745. The third-order valence-corrected chi connectivity index (χ3v) is 4.34. The van der Waals surface area contributed by atoms with E-state index < -0.39 is 0 Å². The molecular weight excluding hydrogens is 410 g/mol. The van der Waals surface area contributed by atoms with Crippen molar-refractivity contribution in [3.05, 3.63) is 62.0 Å². The topological polar surface area (TPSA) is 38.3 Å². The largest absolute Gasteiger partial charge is 0.497 e. The van der Waals surface area contributed by atoms with Crippen molar-refractivity contribution >= 4 is 37.8 Å². The maximum atomic E-state index is 12.5. The SMILES string of the molecule is COc1ccc(C)c(C(=O)N[C@H](C)c2cc(Br)cc(Br)c2)c1. The Morgan fingerprint density at radius 3 is 2.36 bits per heavy atom. The second kappa shape index (κ2) is 7.29. The number of halogens is 2. The average molecular weight is 427 g/mol. The Kier molecular flexibility index (Phi) is 5.64. The third-order valence-electron chi connectivity index (χ3n) is 3.42. The molecule has 0 aliphatic rings. The molecule has 0 aliphatic carbocycles. The van der Waals surface area contributed by atoms with E-state index in [1.807, 2.05) is 44.2 Å². The lowest BCUT2D eigenvalue weighted by atomic mass is 10.1. The van der Waals surface area contributed by atoms with Crippen molar-refractivity contribution in [3.63, 3.8) is 0 Å². The van der Waals surface area contributed by atoms with Gasteiger partial charge < -0.3 is 10.1 Å². The fourth-order valence-electron chi connectivity index (χ4n) is 2.16. The minimum Gasteiger partial charge on any atom is -0.497 e. The smallest absolute Gasteiger partial charge is 0.252 e. The van der Waals surface area contributed by atoms with Crippen LogP contribution >= 0.6 is 31.9 Å². The Bertz CT molecular complexity index is 681. The molecule has 1 amide bonds. The van der Waals surface area contributed by atoms with Crippen LogP contribution in [0.25, 0.3) is 0 Å². The van der Waals surface area contributed by atoms with Gasteiger partial charge in [0.15, 0.2) is 0 Å². The number of ether oxygens (including phenoxy) is 1. The molecule has 0 aromatic heterocycles. The third kappa shape index (κ3) is 4.11. The van der Waals surface area contributed by atoms with Crippen LogP contribution < -0.4 is 10.1 Å². The van der Waals surface area contributed by atoms with E-state index in [4.69, 9.17) is 4.74 Å². The van der Waals surface area contributed by atoms with E-state index in [9.17, 15) is 4.79 Å². The molecule has 0 radical (unpaired) electrons. The number of aryl methyl sites for hydroxylation is 1. The molecule has 1 N–H and O–H groups in total. The molecule has 0 spiro atoms. The molecule has 5 heteroatoms. The summed E-state index contributed by atoms with van der Waals surface area (Å²) in [4.78, 5) is 12.5. The van der Waals surface area contributed by atoms with Crippen molar-refractivity contribution in [1.29, 1.82) is 0 Å². The molecular formula is C17H17Br2NO2. The summed E-state index contributed by atoms with van der Waals surface area (Å²) in [6.45, 7) is 3.87. The van der Waals surface area contributed by atoms with Crippen LogP contribution in [0.4, 0.5) is 0 Å². The van der Waals surface area contributed by atoms with Crippen LogP contribution in [0, 0.1) is 6.92 Å². The summed E-state index contributed by atoms with van der Waals surface area (Å²) >= 11 is 6.93. The first kappa shape index (κ1) is 17.0. The molecule has 2 aromatic carbocycles.